The first-order valence-electron chi connectivity index (χ1n) is 11.4. The topological polar surface area (TPSA) is 63.6 Å². The zero-order chi connectivity index (χ0) is 23.2. The number of nitrogens with one attached hydrogen (secondary N) is 1. The van der Waals surface area contributed by atoms with E-state index in [0.717, 1.165) is 42.1 Å². The van der Waals surface area contributed by atoms with Crippen LogP contribution in [0.1, 0.15) is 48.7 Å². The molecule has 7 heteroatoms. The Kier molecular flexibility index (Phi) is 5.57. The Morgan fingerprint density at radius 3 is 2.67 bits per heavy atom. The van der Waals surface area contributed by atoms with Gasteiger partial charge in [-0.15, -0.1) is 0 Å². The highest BCUT2D eigenvalue weighted by Crippen LogP contribution is 2.36. The van der Waals surface area contributed by atoms with Crippen molar-refractivity contribution in [3.63, 3.8) is 0 Å². The van der Waals surface area contributed by atoms with Crippen LogP contribution in [0.2, 0.25) is 5.02 Å². The molecule has 0 unspecified atom stereocenters. The van der Waals surface area contributed by atoms with Crippen molar-refractivity contribution in [3.8, 4) is 5.75 Å². The van der Waals surface area contributed by atoms with Gasteiger partial charge in [-0.3, -0.25) is 9.59 Å². The minimum absolute atomic E-state index is 0.120. The summed E-state index contributed by atoms with van der Waals surface area (Å²) in [6, 6.07) is 15.3. The van der Waals surface area contributed by atoms with Crippen LogP contribution in [0.15, 0.2) is 48.5 Å². The Hall–Kier alpha value is -2.99. The highest BCUT2D eigenvalue weighted by atomic mass is 35.5. The monoisotopic (exact) mass is 465 g/mol. The van der Waals surface area contributed by atoms with Crippen molar-refractivity contribution in [1.82, 2.24) is 14.8 Å². The van der Waals surface area contributed by atoms with Crippen LogP contribution in [0.4, 0.5) is 0 Å². The summed E-state index contributed by atoms with van der Waals surface area (Å²) in [7, 11) is 1.62. The highest BCUT2D eigenvalue weighted by Gasteiger charge is 2.48. The number of carbonyl (C=O) groups is 2. The third kappa shape index (κ3) is 3.76. The molecule has 1 aliphatic carbocycles. The lowest BCUT2D eigenvalue weighted by atomic mass is 9.93. The molecular weight excluding hydrogens is 438 g/mol. The van der Waals surface area contributed by atoms with E-state index in [0.29, 0.717) is 23.0 Å². The molecule has 2 amide bonds. The predicted molar refractivity (Wildman–Crippen MR) is 129 cm³/mol. The molecule has 0 radical (unpaired) electrons. The first-order chi connectivity index (χ1) is 15.9. The van der Waals surface area contributed by atoms with Crippen LogP contribution in [0.3, 0.4) is 0 Å². The first kappa shape index (κ1) is 21.8. The second kappa shape index (κ2) is 8.41. The van der Waals surface area contributed by atoms with Crippen LogP contribution in [-0.4, -0.2) is 40.0 Å². The molecule has 3 aromatic rings. The van der Waals surface area contributed by atoms with Crippen LogP contribution < -0.4 is 10.1 Å². The SMILES string of the molecule is COc1ccc2cc3n(c2c1)C[C@](C)(C(=O)NC1CCCC1)N(Cc1ccccc1Cl)C3=O. The number of carbonyl (C=O) groups excluding carboxylic acids is 2. The maximum Gasteiger partial charge on any atom is 0.271 e. The van der Waals surface area contributed by atoms with Crippen LogP contribution in [0.25, 0.3) is 10.9 Å². The van der Waals surface area contributed by atoms with E-state index < -0.39 is 5.54 Å². The molecule has 0 bridgehead atoms. The lowest BCUT2D eigenvalue weighted by Crippen LogP contribution is -2.64. The summed E-state index contributed by atoms with van der Waals surface area (Å²) < 4.78 is 7.36. The zero-order valence-corrected chi connectivity index (χ0v) is 19.7. The van der Waals surface area contributed by atoms with Crippen molar-refractivity contribution in [3.05, 3.63) is 64.8 Å². The minimum Gasteiger partial charge on any atom is -0.497 e. The lowest BCUT2D eigenvalue weighted by molar-refractivity contribution is -0.133. The number of fused-ring (bicyclic) bond motifs is 3. The fraction of sp³-hybridized carbons (Fsp3) is 0.385. The van der Waals surface area contributed by atoms with Gasteiger partial charge in [-0.1, -0.05) is 42.6 Å². The Bertz CT molecular complexity index is 1230. The third-order valence-corrected chi connectivity index (χ3v) is 7.47. The van der Waals surface area contributed by atoms with E-state index in [1.54, 1.807) is 12.0 Å². The van der Waals surface area contributed by atoms with Gasteiger partial charge in [0, 0.05) is 29.1 Å². The largest absolute Gasteiger partial charge is 0.497 e. The van der Waals surface area contributed by atoms with Crippen LogP contribution in [0.5, 0.6) is 5.75 Å². The predicted octanol–water partition coefficient (Wildman–Crippen LogP) is 4.78. The molecule has 1 aromatic heterocycles. The van der Waals surface area contributed by atoms with Gasteiger partial charge in [0.25, 0.3) is 5.91 Å². The molecule has 1 fully saturated rings. The van der Waals surface area contributed by atoms with E-state index in [1.807, 2.05) is 60.0 Å². The van der Waals surface area contributed by atoms with Gasteiger partial charge in [-0.05, 0) is 49.6 Å². The number of nitrogens with zero attached hydrogens (tertiary/aromatic N) is 2. The van der Waals surface area contributed by atoms with Crippen LogP contribution in [-0.2, 0) is 17.9 Å². The smallest absolute Gasteiger partial charge is 0.271 e. The number of methoxy groups -OCH3 is 1. The van der Waals surface area contributed by atoms with Crippen molar-refractivity contribution in [2.45, 2.75) is 57.3 Å². The normalized spacial score (nSPS) is 20.8. The Morgan fingerprint density at radius 1 is 1.18 bits per heavy atom. The molecule has 1 aliphatic heterocycles. The van der Waals surface area contributed by atoms with E-state index >= 15 is 0 Å². The molecule has 2 heterocycles. The second-order valence-corrected chi connectivity index (χ2v) is 9.66. The van der Waals surface area contributed by atoms with E-state index in [4.69, 9.17) is 16.3 Å². The van der Waals surface area contributed by atoms with Gasteiger partial charge in [0.15, 0.2) is 0 Å². The summed E-state index contributed by atoms with van der Waals surface area (Å²) in [6.45, 7) is 2.48. The molecule has 0 spiro atoms. The van der Waals surface area contributed by atoms with Crippen molar-refractivity contribution < 1.29 is 14.3 Å². The fourth-order valence-corrected chi connectivity index (χ4v) is 5.31. The summed E-state index contributed by atoms with van der Waals surface area (Å²) in [5.74, 6) is 0.414. The number of benzene rings is 2. The standard InChI is InChI=1S/C26H28ClN3O3/c1-26(25(32)28-19-8-4-5-9-19)16-29-22-14-20(33-2)12-11-17(22)13-23(29)24(31)30(26)15-18-7-3-6-10-21(18)27/h3,6-7,10-14,19H,4-5,8-9,15-16H2,1-2H3,(H,28,32)/t26-/m1/s1. The van der Waals surface area contributed by atoms with E-state index in [2.05, 4.69) is 5.32 Å². The van der Waals surface area contributed by atoms with E-state index in [-0.39, 0.29) is 24.4 Å². The van der Waals surface area contributed by atoms with Gasteiger partial charge in [-0.2, -0.15) is 0 Å². The minimum atomic E-state index is -1.07. The number of amides is 2. The number of hydrogen-bond acceptors (Lipinski definition) is 3. The summed E-state index contributed by atoms with van der Waals surface area (Å²) in [5.41, 5.74) is 1.20. The molecule has 2 aromatic carbocycles. The second-order valence-electron chi connectivity index (χ2n) is 9.25. The average Bonchev–Trinajstić information content (AvgIpc) is 3.45. The maximum atomic E-state index is 13.9. The summed E-state index contributed by atoms with van der Waals surface area (Å²) >= 11 is 6.44. The summed E-state index contributed by atoms with van der Waals surface area (Å²) in [6.07, 6.45) is 4.20. The van der Waals surface area contributed by atoms with Gasteiger partial charge < -0.3 is 19.5 Å². The van der Waals surface area contributed by atoms with Crippen LogP contribution >= 0.6 is 11.6 Å². The number of hydrogen-bond donors (Lipinski definition) is 1. The van der Waals surface area contributed by atoms with Gasteiger partial charge in [0.1, 0.15) is 17.0 Å². The van der Waals surface area contributed by atoms with Gasteiger partial charge >= 0.3 is 0 Å². The quantitative estimate of drug-likeness (QED) is 0.590. The molecule has 6 nitrogen and oxygen atoms in total. The Labute approximate surface area is 198 Å². The van der Waals surface area contributed by atoms with Gasteiger partial charge in [0.2, 0.25) is 5.91 Å². The maximum absolute atomic E-state index is 13.9. The first-order valence-corrected chi connectivity index (χ1v) is 11.8. The molecule has 5 rings (SSSR count). The lowest BCUT2D eigenvalue weighted by Gasteiger charge is -2.44. The molecule has 2 aliphatic rings. The molecule has 1 N–H and O–H groups in total. The highest BCUT2D eigenvalue weighted by molar-refractivity contribution is 6.31. The van der Waals surface area contributed by atoms with Crippen molar-refractivity contribution in [1.29, 1.82) is 0 Å². The molecule has 172 valence electrons. The molecule has 0 saturated heterocycles. The molecular formula is C26H28ClN3O3. The Balaban J connectivity index is 1.60. The molecule has 33 heavy (non-hydrogen) atoms. The van der Waals surface area contributed by atoms with E-state index in [9.17, 15) is 9.59 Å². The van der Waals surface area contributed by atoms with Crippen LogP contribution in [0, 0.1) is 0 Å². The van der Waals surface area contributed by atoms with Gasteiger partial charge in [0.05, 0.1) is 19.2 Å². The number of ether oxygens (including phenoxy) is 1. The van der Waals surface area contributed by atoms with E-state index in [1.165, 1.54) is 0 Å². The number of aromatic nitrogens is 1. The molecule has 1 atom stereocenters. The van der Waals surface area contributed by atoms with Crippen molar-refractivity contribution in [2.24, 2.45) is 0 Å². The van der Waals surface area contributed by atoms with Crippen molar-refractivity contribution >= 4 is 34.3 Å². The third-order valence-electron chi connectivity index (χ3n) is 7.10. The number of halogens is 1. The zero-order valence-electron chi connectivity index (χ0n) is 18.9. The number of rotatable bonds is 5. The van der Waals surface area contributed by atoms with Crippen molar-refractivity contribution in [2.75, 3.05) is 7.11 Å². The fourth-order valence-electron chi connectivity index (χ4n) is 5.11. The molecule has 1 saturated carbocycles. The Morgan fingerprint density at radius 2 is 1.94 bits per heavy atom. The van der Waals surface area contributed by atoms with Gasteiger partial charge in [-0.25, -0.2) is 0 Å². The summed E-state index contributed by atoms with van der Waals surface area (Å²) in [5, 5.41) is 4.75. The average molecular weight is 466 g/mol. The summed E-state index contributed by atoms with van der Waals surface area (Å²) in [4.78, 5) is 29.3.